The van der Waals surface area contributed by atoms with Gasteiger partial charge in [0.25, 0.3) is 0 Å². The summed E-state index contributed by atoms with van der Waals surface area (Å²) in [7, 11) is 0. The molecule has 0 spiro atoms. The quantitative estimate of drug-likeness (QED) is 0.260. The molecule has 152 valence electrons. The summed E-state index contributed by atoms with van der Waals surface area (Å²) < 4.78 is 5.28. The molecule has 7 rings (SSSR count). The maximum Gasteiger partial charge on any atom is 0.0566 e. The second-order valence-electron chi connectivity index (χ2n) is 8.51. The van der Waals surface area contributed by atoms with Crippen molar-refractivity contribution in [3.8, 4) is 0 Å². The Morgan fingerprint density at radius 3 is 2.34 bits per heavy atom. The van der Waals surface area contributed by atoms with Crippen LogP contribution in [0.15, 0.2) is 109 Å². The lowest BCUT2D eigenvalue weighted by molar-refractivity contribution is 0.650. The average molecular weight is 428 g/mol. The zero-order valence-electron chi connectivity index (χ0n) is 17.5. The van der Waals surface area contributed by atoms with Crippen molar-refractivity contribution in [3.05, 3.63) is 115 Å². The summed E-state index contributed by atoms with van der Waals surface area (Å²) in [6, 6.07) is 33.4. The average Bonchev–Trinajstić information content (AvgIpc) is 3.40. The van der Waals surface area contributed by atoms with Crippen molar-refractivity contribution in [3.63, 3.8) is 0 Å². The summed E-state index contributed by atoms with van der Waals surface area (Å²) in [5, 5.41) is 5.50. The number of hydrogen-bond donors (Lipinski definition) is 0. The molecule has 0 amide bonds. The van der Waals surface area contributed by atoms with Crippen LogP contribution in [0.25, 0.3) is 47.6 Å². The van der Waals surface area contributed by atoms with Crippen molar-refractivity contribution in [1.29, 1.82) is 0 Å². The minimum Gasteiger partial charge on any atom is -0.333 e. The fourth-order valence-electron chi connectivity index (χ4n) is 5.33. The molecule has 1 aliphatic carbocycles. The van der Waals surface area contributed by atoms with Crippen molar-refractivity contribution >= 4 is 58.9 Å². The van der Waals surface area contributed by atoms with Crippen LogP contribution in [-0.4, -0.2) is 4.57 Å². The van der Waals surface area contributed by atoms with E-state index in [1.54, 1.807) is 0 Å². The highest BCUT2D eigenvalue weighted by molar-refractivity contribution is 7.26. The third-order valence-corrected chi connectivity index (χ3v) is 7.84. The summed E-state index contributed by atoms with van der Waals surface area (Å²) in [4.78, 5) is 0. The predicted octanol–water partition coefficient (Wildman–Crippen LogP) is 8.75. The van der Waals surface area contributed by atoms with E-state index < -0.39 is 0 Å². The second-order valence-corrected chi connectivity index (χ2v) is 9.60. The van der Waals surface area contributed by atoms with Crippen LogP contribution in [0, 0.1) is 0 Å². The maximum atomic E-state index is 2.56. The molecule has 1 aliphatic rings. The van der Waals surface area contributed by atoms with Gasteiger partial charge < -0.3 is 4.57 Å². The fourth-order valence-corrected chi connectivity index (χ4v) is 6.44. The number of thiophene rings is 1. The van der Waals surface area contributed by atoms with E-state index in [9.17, 15) is 0 Å². The van der Waals surface area contributed by atoms with Gasteiger partial charge in [0.1, 0.15) is 0 Å². The van der Waals surface area contributed by atoms with Crippen LogP contribution in [0.1, 0.15) is 18.0 Å². The number of para-hydroxylation sites is 1. The van der Waals surface area contributed by atoms with E-state index in [1.165, 1.54) is 53.1 Å². The van der Waals surface area contributed by atoms with Crippen LogP contribution in [-0.2, 0) is 0 Å². The lowest BCUT2D eigenvalue weighted by atomic mass is 9.96. The molecule has 0 aliphatic heterocycles. The number of nitrogens with zero attached hydrogens (tertiary/aromatic N) is 1. The summed E-state index contributed by atoms with van der Waals surface area (Å²) in [6.07, 6.45) is 8.04. The molecule has 1 unspecified atom stereocenters. The SMILES string of the molecule is C1=CC(c2ccccc2)=CC(n2c3ccccc3c3c4c(ccc32)sc2ccccc24)C1. The molecule has 2 heterocycles. The van der Waals surface area contributed by atoms with Crippen LogP contribution in [0.5, 0.6) is 0 Å². The molecule has 2 aromatic heterocycles. The van der Waals surface area contributed by atoms with Crippen molar-refractivity contribution in [2.45, 2.75) is 12.5 Å². The highest BCUT2D eigenvalue weighted by Crippen LogP contribution is 2.44. The minimum absolute atomic E-state index is 0.292. The second kappa shape index (κ2) is 6.94. The van der Waals surface area contributed by atoms with Gasteiger partial charge in [-0.3, -0.25) is 0 Å². The standard InChI is InChI=1S/C30H21NS/c1-2-9-20(10-3-1)21-11-8-12-22(19-21)31-25-15-6-4-13-23(25)29-26(31)17-18-28-30(29)24-14-5-7-16-27(24)32-28/h1-11,13-19,22H,12H2. The summed E-state index contributed by atoms with van der Waals surface area (Å²) >= 11 is 1.90. The van der Waals surface area contributed by atoms with Crippen LogP contribution < -0.4 is 0 Å². The first-order valence-electron chi connectivity index (χ1n) is 11.2. The smallest absolute Gasteiger partial charge is 0.0566 e. The molecule has 0 saturated heterocycles. The first kappa shape index (κ1) is 18.0. The zero-order valence-corrected chi connectivity index (χ0v) is 18.3. The Hall–Kier alpha value is -3.62. The van der Waals surface area contributed by atoms with Crippen molar-refractivity contribution in [2.24, 2.45) is 0 Å². The molecule has 0 bridgehead atoms. The number of allylic oxidation sites excluding steroid dienone is 4. The maximum absolute atomic E-state index is 2.56. The Kier molecular flexibility index (Phi) is 3.91. The van der Waals surface area contributed by atoms with Gasteiger partial charge in [-0.05, 0) is 41.8 Å². The largest absolute Gasteiger partial charge is 0.333 e. The lowest BCUT2D eigenvalue weighted by Gasteiger charge is -2.21. The monoisotopic (exact) mass is 427 g/mol. The molecular weight excluding hydrogens is 406 g/mol. The molecule has 0 N–H and O–H groups in total. The van der Waals surface area contributed by atoms with E-state index in [0.717, 1.165) is 6.42 Å². The number of rotatable bonds is 2. The molecule has 2 heteroatoms. The van der Waals surface area contributed by atoms with Crippen LogP contribution in [0.4, 0.5) is 0 Å². The van der Waals surface area contributed by atoms with Gasteiger partial charge in [-0.15, -0.1) is 11.3 Å². The third kappa shape index (κ3) is 2.57. The van der Waals surface area contributed by atoms with Gasteiger partial charge in [0.15, 0.2) is 0 Å². The Morgan fingerprint density at radius 2 is 1.44 bits per heavy atom. The summed E-state index contributed by atoms with van der Waals surface area (Å²) in [5.74, 6) is 0. The number of benzene rings is 4. The Bertz CT molecular complexity index is 1700. The molecule has 0 saturated carbocycles. The fraction of sp³-hybridized carbons (Fsp3) is 0.0667. The lowest BCUT2D eigenvalue weighted by Crippen LogP contribution is -2.08. The van der Waals surface area contributed by atoms with E-state index in [1.807, 2.05) is 11.3 Å². The summed E-state index contributed by atoms with van der Waals surface area (Å²) in [6.45, 7) is 0. The zero-order chi connectivity index (χ0) is 21.1. The minimum atomic E-state index is 0.292. The van der Waals surface area contributed by atoms with Crippen LogP contribution in [0.2, 0.25) is 0 Å². The highest BCUT2D eigenvalue weighted by atomic mass is 32.1. The van der Waals surface area contributed by atoms with Gasteiger partial charge in [-0.25, -0.2) is 0 Å². The first-order valence-corrected chi connectivity index (χ1v) is 12.0. The third-order valence-electron chi connectivity index (χ3n) is 6.70. The molecule has 32 heavy (non-hydrogen) atoms. The van der Waals surface area contributed by atoms with Crippen LogP contribution in [0.3, 0.4) is 0 Å². The number of fused-ring (bicyclic) bond motifs is 7. The molecule has 4 aromatic carbocycles. The van der Waals surface area contributed by atoms with Gasteiger partial charge in [-0.2, -0.15) is 0 Å². The van der Waals surface area contributed by atoms with E-state index in [-0.39, 0.29) is 0 Å². The van der Waals surface area contributed by atoms with Gasteiger partial charge in [0, 0.05) is 36.5 Å². The molecule has 6 aromatic rings. The van der Waals surface area contributed by atoms with Crippen molar-refractivity contribution < 1.29 is 0 Å². The molecule has 1 nitrogen and oxygen atoms in total. The van der Waals surface area contributed by atoms with Crippen LogP contribution >= 0.6 is 11.3 Å². The number of hydrogen-bond acceptors (Lipinski definition) is 1. The first-order chi connectivity index (χ1) is 15.9. The molecular formula is C30H21NS. The molecule has 0 fully saturated rings. The van der Waals surface area contributed by atoms with Gasteiger partial charge in [0.05, 0.1) is 11.6 Å². The van der Waals surface area contributed by atoms with E-state index >= 15 is 0 Å². The van der Waals surface area contributed by atoms with Gasteiger partial charge >= 0.3 is 0 Å². The van der Waals surface area contributed by atoms with Gasteiger partial charge in [-0.1, -0.05) is 85.0 Å². The normalized spacial score (nSPS) is 16.4. The Balaban J connectivity index is 1.56. The van der Waals surface area contributed by atoms with Crippen molar-refractivity contribution in [2.75, 3.05) is 0 Å². The Labute approximate surface area is 190 Å². The molecule has 1 atom stereocenters. The van der Waals surface area contributed by atoms with Gasteiger partial charge in [0.2, 0.25) is 0 Å². The van der Waals surface area contributed by atoms with E-state index in [0.29, 0.717) is 6.04 Å². The molecule has 0 radical (unpaired) electrons. The topological polar surface area (TPSA) is 4.93 Å². The van der Waals surface area contributed by atoms with Crippen molar-refractivity contribution in [1.82, 2.24) is 4.57 Å². The predicted molar refractivity (Wildman–Crippen MR) is 140 cm³/mol. The van der Waals surface area contributed by atoms with E-state index in [2.05, 4.69) is 114 Å². The highest BCUT2D eigenvalue weighted by Gasteiger charge is 2.21. The number of aromatic nitrogens is 1. The van der Waals surface area contributed by atoms with E-state index in [4.69, 9.17) is 0 Å². The summed E-state index contributed by atoms with van der Waals surface area (Å²) in [5.41, 5.74) is 5.22. The Morgan fingerprint density at radius 1 is 0.656 bits per heavy atom.